The predicted molar refractivity (Wildman–Crippen MR) is 100 cm³/mol. The van der Waals surface area contributed by atoms with Gasteiger partial charge in [0.15, 0.2) is 10.8 Å². The lowest BCUT2D eigenvalue weighted by atomic mass is 10.3. The number of benzene rings is 1. The van der Waals surface area contributed by atoms with Gasteiger partial charge in [0.1, 0.15) is 5.82 Å². The Balaban J connectivity index is 1.75. The van der Waals surface area contributed by atoms with Crippen molar-refractivity contribution < 1.29 is 0 Å². The summed E-state index contributed by atoms with van der Waals surface area (Å²) in [4.78, 5) is 13.6. The van der Waals surface area contributed by atoms with Crippen molar-refractivity contribution in [2.24, 2.45) is 0 Å². The topological polar surface area (TPSA) is 68.5 Å². The third-order valence-electron chi connectivity index (χ3n) is 3.75. The lowest BCUT2D eigenvalue weighted by Crippen LogP contribution is -2.05. The van der Waals surface area contributed by atoms with Gasteiger partial charge in [-0.25, -0.2) is 14.6 Å². The number of nitrogens with one attached hydrogen (secondary N) is 1. The minimum absolute atomic E-state index is 0.595. The largest absolute Gasteiger partial charge is 0.364 e. The van der Waals surface area contributed by atoms with E-state index in [-0.39, 0.29) is 0 Å². The van der Waals surface area contributed by atoms with Gasteiger partial charge in [-0.1, -0.05) is 36.0 Å². The third kappa shape index (κ3) is 3.18. The zero-order valence-corrected chi connectivity index (χ0v) is 14.4. The van der Waals surface area contributed by atoms with E-state index in [4.69, 9.17) is 0 Å². The molecular formula is C18H16N6S. The molecule has 1 aromatic carbocycles. The Labute approximate surface area is 149 Å². The van der Waals surface area contributed by atoms with Crippen molar-refractivity contribution in [1.82, 2.24) is 24.7 Å². The molecule has 3 aromatic heterocycles. The van der Waals surface area contributed by atoms with Gasteiger partial charge >= 0.3 is 0 Å². The van der Waals surface area contributed by atoms with Gasteiger partial charge in [0.25, 0.3) is 0 Å². The maximum atomic E-state index is 4.64. The fraction of sp³-hybridized carbons (Fsp3) is 0.111. The van der Waals surface area contributed by atoms with Crippen LogP contribution in [0.25, 0.3) is 16.7 Å². The van der Waals surface area contributed by atoms with Gasteiger partial charge in [0.05, 0.1) is 29.5 Å². The predicted octanol–water partition coefficient (Wildman–Crippen LogP) is 3.54. The van der Waals surface area contributed by atoms with Gasteiger partial charge < -0.3 is 5.32 Å². The highest BCUT2D eigenvalue weighted by Gasteiger charge is 2.13. The number of aromatic nitrogens is 5. The van der Waals surface area contributed by atoms with Crippen LogP contribution in [0.2, 0.25) is 0 Å². The van der Waals surface area contributed by atoms with E-state index < -0.39 is 0 Å². The van der Waals surface area contributed by atoms with Gasteiger partial charge in [-0.2, -0.15) is 5.10 Å². The number of pyridine rings is 1. The van der Waals surface area contributed by atoms with Crippen molar-refractivity contribution in [3.63, 3.8) is 0 Å². The van der Waals surface area contributed by atoms with Crippen molar-refractivity contribution in [2.45, 2.75) is 11.7 Å². The number of fused-ring (bicyclic) bond motifs is 1. The molecule has 4 rings (SSSR count). The van der Waals surface area contributed by atoms with Crippen LogP contribution in [-0.4, -0.2) is 31.0 Å². The molecule has 3 heterocycles. The maximum Gasteiger partial charge on any atom is 0.191 e. The SMILES string of the molecule is CSc1nc(NCc2ccccn2)c2cnn(-c3ccccc3)c2n1. The van der Waals surface area contributed by atoms with E-state index in [0.717, 1.165) is 28.2 Å². The molecule has 0 aliphatic carbocycles. The zero-order chi connectivity index (χ0) is 17.1. The molecule has 25 heavy (non-hydrogen) atoms. The molecule has 0 bridgehead atoms. The Hall–Kier alpha value is -2.93. The number of rotatable bonds is 5. The van der Waals surface area contributed by atoms with Crippen LogP contribution >= 0.6 is 11.8 Å². The van der Waals surface area contributed by atoms with Crippen LogP contribution in [0.1, 0.15) is 5.69 Å². The van der Waals surface area contributed by atoms with E-state index in [9.17, 15) is 0 Å². The van der Waals surface area contributed by atoms with Gasteiger partial charge in [-0.05, 0) is 30.5 Å². The zero-order valence-electron chi connectivity index (χ0n) is 13.6. The van der Waals surface area contributed by atoms with Crippen LogP contribution in [0.5, 0.6) is 0 Å². The number of thioether (sulfide) groups is 1. The molecule has 0 aliphatic rings. The average Bonchev–Trinajstić information content (AvgIpc) is 3.11. The molecule has 4 aromatic rings. The molecule has 0 radical (unpaired) electrons. The first-order valence-corrected chi connectivity index (χ1v) is 9.06. The molecule has 0 aliphatic heterocycles. The third-order valence-corrected chi connectivity index (χ3v) is 4.30. The van der Waals surface area contributed by atoms with Crippen LogP contribution in [0.3, 0.4) is 0 Å². The van der Waals surface area contributed by atoms with Crippen LogP contribution < -0.4 is 5.32 Å². The van der Waals surface area contributed by atoms with E-state index >= 15 is 0 Å². The summed E-state index contributed by atoms with van der Waals surface area (Å²) in [6, 6.07) is 15.8. The minimum Gasteiger partial charge on any atom is -0.364 e. The molecule has 6 nitrogen and oxygen atoms in total. The normalized spacial score (nSPS) is 10.9. The summed E-state index contributed by atoms with van der Waals surface area (Å²) in [5.41, 5.74) is 2.71. The summed E-state index contributed by atoms with van der Waals surface area (Å²) in [6.45, 7) is 0.595. The molecule has 7 heteroatoms. The van der Waals surface area contributed by atoms with Crippen molar-refractivity contribution in [3.8, 4) is 5.69 Å². The van der Waals surface area contributed by atoms with Crippen molar-refractivity contribution in [3.05, 3.63) is 66.6 Å². The fourth-order valence-corrected chi connectivity index (χ4v) is 2.91. The standard InChI is InChI=1S/C18H16N6S/c1-25-18-22-16(20-11-13-7-5-6-10-19-13)15-12-21-24(17(15)23-18)14-8-3-2-4-9-14/h2-10,12H,11H2,1H3,(H,20,22,23). The molecule has 0 atom stereocenters. The minimum atomic E-state index is 0.595. The van der Waals surface area contributed by atoms with Gasteiger partial charge in [0.2, 0.25) is 0 Å². The first-order chi connectivity index (χ1) is 12.3. The van der Waals surface area contributed by atoms with E-state index in [2.05, 4.69) is 25.4 Å². The summed E-state index contributed by atoms with van der Waals surface area (Å²) in [5.74, 6) is 0.766. The summed E-state index contributed by atoms with van der Waals surface area (Å²) >= 11 is 1.51. The van der Waals surface area contributed by atoms with Crippen LogP contribution in [0.15, 0.2) is 66.1 Å². The van der Waals surface area contributed by atoms with Gasteiger partial charge in [-0.15, -0.1) is 0 Å². The quantitative estimate of drug-likeness (QED) is 0.439. The summed E-state index contributed by atoms with van der Waals surface area (Å²) in [5, 5.41) is 9.46. The highest BCUT2D eigenvalue weighted by atomic mass is 32.2. The van der Waals surface area contributed by atoms with Crippen molar-refractivity contribution >= 4 is 28.6 Å². The highest BCUT2D eigenvalue weighted by molar-refractivity contribution is 7.98. The number of anilines is 1. The van der Waals surface area contributed by atoms with Gasteiger partial charge in [-0.3, -0.25) is 4.98 Å². The summed E-state index contributed by atoms with van der Waals surface area (Å²) in [6.07, 6.45) is 5.55. The van der Waals surface area contributed by atoms with E-state index in [1.807, 2.05) is 59.5 Å². The first kappa shape index (κ1) is 15.6. The molecule has 0 fully saturated rings. The summed E-state index contributed by atoms with van der Waals surface area (Å²) in [7, 11) is 0. The second-order valence-corrected chi connectivity index (χ2v) is 6.14. The van der Waals surface area contributed by atoms with Crippen molar-refractivity contribution in [1.29, 1.82) is 0 Å². The molecule has 1 N–H and O–H groups in total. The Kier molecular flexibility index (Phi) is 4.30. The first-order valence-electron chi connectivity index (χ1n) is 7.84. The monoisotopic (exact) mass is 348 g/mol. The highest BCUT2D eigenvalue weighted by Crippen LogP contribution is 2.25. The van der Waals surface area contributed by atoms with Gasteiger partial charge in [0, 0.05) is 6.20 Å². The molecule has 0 unspecified atom stereocenters. The molecule has 124 valence electrons. The Morgan fingerprint density at radius 1 is 1.04 bits per heavy atom. The number of para-hydroxylation sites is 1. The summed E-state index contributed by atoms with van der Waals surface area (Å²) < 4.78 is 1.84. The molecule has 0 amide bonds. The van der Waals surface area contributed by atoms with Crippen LogP contribution in [0, 0.1) is 0 Å². The van der Waals surface area contributed by atoms with Crippen LogP contribution in [0.4, 0.5) is 5.82 Å². The number of hydrogen-bond donors (Lipinski definition) is 1. The molecule has 0 saturated heterocycles. The second kappa shape index (κ2) is 6.90. The maximum absolute atomic E-state index is 4.64. The smallest absolute Gasteiger partial charge is 0.191 e. The molecule has 0 saturated carbocycles. The van der Waals surface area contributed by atoms with Crippen molar-refractivity contribution in [2.75, 3.05) is 11.6 Å². The van der Waals surface area contributed by atoms with E-state index in [0.29, 0.717) is 11.7 Å². The van der Waals surface area contributed by atoms with E-state index in [1.54, 1.807) is 12.4 Å². The second-order valence-electron chi connectivity index (χ2n) is 5.36. The lowest BCUT2D eigenvalue weighted by Gasteiger charge is -2.08. The Morgan fingerprint density at radius 3 is 2.64 bits per heavy atom. The number of nitrogens with zero attached hydrogens (tertiary/aromatic N) is 5. The Morgan fingerprint density at radius 2 is 1.88 bits per heavy atom. The fourth-order valence-electron chi connectivity index (χ4n) is 2.55. The number of hydrogen-bond acceptors (Lipinski definition) is 6. The molecule has 0 spiro atoms. The van der Waals surface area contributed by atoms with Crippen LogP contribution in [-0.2, 0) is 6.54 Å². The Bertz CT molecular complexity index is 985. The average molecular weight is 348 g/mol. The lowest BCUT2D eigenvalue weighted by molar-refractivity contribution is 0.876. The molecular weight excluding hydrogens is 332 g/mol. The van der Waals surface area contributed by atoms with E-state index in [1.165, 1.54) is 11.8 Å².